The van der Waals surface area contributed by atoms with Crippen molar-refractivity contribution in [1.29, 1.82) is 0 Å². The molecule has 68 valence electrons. The van der Waals surface area contributed by atoms with Gasteiger partial charge < -0.3 is 4.52 Å². The number of hydrogen-bond donors (Lipinski definition) is 0. The Morgan fingerprint density at radius 2 is 2.33 bits per heavy atom. The number of terminal acetylenes is 1. The normalized spacial score (nSPS) is 15.8. The van der Waals surface area contributed by atoms with Crippen LogP contribution in [-0.2, 0) is 13.6 Å². The summed E-state index contributed by atoms with van der Waals surface area (Å²) in [6.07, 6.45) is 8.72. The fourth-order valence-corrected chi connectivity index (χ4v) is 1.65. The van der Waals surface area contributed by atoms with Crippen LogP contribution in [0, 0.1) is 12.3 Å². The second-order valence-electron chi connectivity index (χ2n) is 2.02. The van der Waals surface area contributed by atoms with Gasteiger partial charge in [-0.05, 0) is 6.92 Å². The Kier molecular flexibility index (Phi) is 5.74. The summed E-state index contributed by atoms with van der Waals surface area (Å²) >= 11 is 0. The van der Waals surface area contributed by atoms with Crippen LogP contribution in [0.1, 0.15) is 6.92 Å². The highest BCUT2D eigenvalue weighted by Gasteiger charge is 2.19. The van der Waals surface area contributed by atoms with Gasteiger partial charge in [0.1, 0.15) is 6.61 Å². The molecule has 0 saturated heterocycles. The average molecular weight is 188 g/mol. The maximum atomic E-state index is 11.5. The molecule has 3 nitrogen and oxygen atoms in total. The topological polar surface area (TPSA) is 35.5 Å². The molecule has 0 rings (SSSR count). The molecular formula is C8H13O3P. The molecule has 1 atom stereocenters. The molecule has 0 aromatic rings. The standard InChI is InChI=1S/C8H13O3P/c1-4-6-8-12(9,10-3)11-7-5-2/h2,4,6H,7-8H2,1,3H3/b6-4+. The Morgan fingerprint density at radius 1 is 1.67 bits per heavy atom. The van der Waals surface area contributed by atoms with Crippen LogP contribution in [0.4, 0.5) is 0 Å². The quantitative estimate of drug-likeness (QED) is 0.376. The van der Waals surface area contributed by atoms with Crippen molar-refractivity contribution in [3.8, 4) is 12.3 Å². The largest absolute Gasteiger partial charge is 0.335 e. The van der Waals surface area contributed by atoms with Gasteiger partial charge in [0.05, 0.1) is 6.16 Å². The van der Waals surface area contributed by atoms with Gasteiger partial charge in [-0.15, -0.1) is 6.42 Å². The van der Waals surface area contributed by atoms with Gasteiger partial charge in [-0.3, -0.25) is 9.09 Å². The highest BCUT2D eigenvalue weighted by Crippen LogP contribution is 2.46. The molecule has 0 aliphatic carbocycles. The SMILES string of the molecule is C#CCOP(=O)(C/C=C/C)OC. The fourth-order valence-electron chi connectivity index (χ4n) is 0.550. The highest BCUT2D eigenvalue weighted by molar-refractivity contribution is 7.54. The summed E-state index contributed by atoms with van der Waals surface area (Å²) in [6.45, 7) is 1.85. The fraction of sp³-hybridized carbons (Fsp3) is 0.500. The van der Waals surface area contributed by atoms with Gasteiger partial charge >= 0.3 is 7.60 Å². The van der Waals surface area contributed by atoms with Gasteiger partial charge in [-0.25, -0.2) is 0 Å². The van der Waals surface area contributed by atoms with E-state index in [0.29, 0.717) is 0 Å². The van der Waals surface area contributed by atoms with E-state index in [2.05, 4.69) is 5.92 Å². The zero-order valence-corrected chi connectivity index (χ0v) is 8.21. The smallest absolute Gasteiger partial charge is 0.312 e. The third-order valence-corrected chi connectivity index (χ3v) is 2.92. The molecule has 0 spiro atoms. The Bertz CT molecular complexity index is 227. The molecule has 0 amide bonds. The van der Waals surface area contributed by atoms with Gasteiger partial charge in [0.15, 0.2) is 0 Å². The summed E-state index contributed by atoms with van der Waals surface area (Å²) in [5.41, 5.74) is 0. The second-order valence-corrected chi connectivity index (χ2v) is 4.23. The molecule has 0 fully saturated rings. The average Bonchev–Trinajstić information content (AvgIpc) is 2.11. The number of hydrogen-bond acceptors (Lipinski definition) is 3. The molecule has 0 bridgehead atoms. The van der Waals surface area contributed by atoms with Crippen molar-refractivity contribution in [1.82, 2.24) is 0 Å². The van der Waals surface area contributed by atoms with Crippen molar-refractivity contribution in [3.63, 3.8) is 0 Å². The maximum Gasteiger partial charge on any atom is 0.335 e. The molecule has 0 saturated carbocycles. The lowest BCUT2D eigenvalue weighted by atomic mass is 10.6. The first kappa shape index (κ1) is 11.4. The van der Waals surface area contributed by atoms with Gasteiger partial charge in [0.25, 0.3) is 0 Å². The van der Waals surface area contributed by atoms with Crippen molar-refractivity contribution >= 4 is 7.60 Å². The monoisotopic (exact) mass is 188 g/mol. The van der Waals surface area contributed by atoms with E-state index in [1.54, 1.807) is 12.2 Å². The van der Waals surface area contributed by atoms with E-state index < -0.39 is 7.60 Å². The van der Waals surface area contributed by atoms with Crippen LogP contribution >= 0.6 is 7.60 Å². The molecule has 0 heterocycles. The van der Waals surface area contributed by atoms with Crippen LogP contribution < -0.4 is 0 Å². The molecule has 0 N–H and O–H groups in total. The molecule has 1 unspecified atom stereocenters. The Morgan fingerprint density at radius 3 is 2.75 bits per heavy atom. The highest BCUT2D eigenvalue weighted by atomic mass is 31.2. The van der Waals surface area contributed by atoms with Crippen molar-refractivity contribution < 1.29 is 13.6 Å². The van der Waals surface area contributed by atoms with Gasteiger partial charge in [0, 0.05) is 7.11 Å². The first-order valence-corrected chi connectivity index (χ1v) is 5.25. The van der Waals surface area contributed by atoms with Gasteiger partial charge in [0.2, 0.25) is 0 Å². The van der Waals surface area contributed by atoms with E-state index in [4.69, 9.17) is 15.5 Å². The lowest BCUT2D eigenvalue weighted by Crippen LogP contribution is -1.96. The number of rotatable bonds is 5. The summed E-state index contributed by atoms with van der Waals surface area (Å²) in [5, 5.41) is 0. The zero-order valence-electron chi connectivity index (χ0n) is 7.32. The van der Waals surface area contributed by atoms with Crippen LogP contribution in [0.25, 0.3) is 0 Å². The zero-order chi connectivity index (χ0) is 9.45. The van der Waals surface area contributed by atoms with Crippen molar-refractivity contribution in [2.45, 2.75) is 6.92 Å². The first-order chi connectivity index (χ1) is 5.68. The molecular weight excluding hydrogens is 175 g/mol. The van der Waals surface area contributed by atoms with Crippen LogP contribution in [0.15, 0.2) is 12.2 Å². The van der Waals surface area contributed by atoms with Crippen LogP contribution in [0.3, 0.4) is 0 Å². The molecule has 12 heavy (non-hydrogen) atoms. The second kappa shape index (κ2) is 6.02. The first-order valence-electron chi connectivity index (χ1n) is 3.52. The molecule has 0 aliphatic rings. The van der Waals surface area contributed by atoms with Crippen LogP contribution in [0.2, 0.25) is 0 Å². The molecule has 0 radical (unpaired) electrons. The van der Waals surface area contributed by atoms with Crippen LogP contribution in [0.5, 0.6) is 0 Å². The van der Waals surface area contributed by atoms with Crippen LogP contribution in [-0.4, -0.2) is 19.9 Å². The summed E-state index contributed by atoms with van der Waals surface area (Å²) in [4.78, 5) is 0. The lowest BCUT2D eigenvalue weighted by Gasteiger charge is -2.11. The summed E-state index contributed by atoms with van der Waals surface area (Å²) in [5.74, 6) is 2.24. The predicted octanol–water partition coefficient (Wildman–Crippen LogP) is 2.05. The van der Waals surface area contributed by atoms with E-state index in [-0.39, 0.29) is 12.8 Å². The van der Waals surface area contributed by atoms with Gasteiger partial charge in [-0.1, -0.05) is 18.1 Å². The minimum atomic E-state index is -2.96. The van der Waals surface area contributed by atoms with Gasteiger partial charge in [-0.2, -0.15) is 0 Å². The van der Waals surface area contributed by atoms with Crippen molar-refractivity contribution in [2.24, 2.45) is 0 Å². The van der Waals surface area contributed by atoms with E-state index in [1.165, 1.54) is 7.11 Å². The Labute approximate surface area is 73.3 Å². The predicted molar refractivity (Wildman–Crippen MR) is 49.1 cm³/mol. The summed E-state index contributed by atoms with van der Waals surface area (Å²) in [6, 6.07) is 0. The molecule has 0 aliphatic heterocycles. The molecule has 0 aromatic carbocycles. The van der Waals surface area contributed by atoms with E-state index in [9.17, 15) is 4.57 Å². The molecule has 0 aromatic heterocycles. The summed E-state index contributed by atoms with van der Waals surface area (Å²) < 4.78 is 21.1. The minimum absolute atomic E-state index is 0.0165. The molecule has 4 heteroatoms. The third kappa shape index (κ3) is 4.35. The Balaban J connectivity index is 4.07. The van der Waals surface area contributed by atoms with E-state index in [1.807, 2.05) is 6.92 Å². The third-order valence-electron chi connectivity index (χ3n) is 1.19. The Hall–Kier alpha value is -0.550. The van der Waals surface area contributed by atoms with Crippen molar-refractivity contribution in [2.75, 3.05) is 19.9 Å². The van der Waals surface area contributed by atoms with E-state index in [0.717, 1.165) is 0 Å². The minimum Gasteiger partial charge on any atom is -0.312 e. The summed E-state index contributed by atoms with van der Waals surface area (Å²) in [7, 11) is -1.61. The van der Waals surface area contributed by atoms with E-state index >= 15 is 0 Å². The maximum absolute atomic E-state index is 11.5. The number of allylic oxidation sites excluding steroid dienone is 2. The lowest BCUT2D eigenvalue weighted by molar-refractivity contribution is 0.260. The van der Waals surface area contributed by atoms with Crippen molar-refractivity contribution in [3.05, 3.63) is 12.2 Å².